The number of fused-ring (bicyclic) bond motifs is 3. The summed E-state index contributed by atoms with van der Waals surface area (Å²) >= 11 is 0. The number of aromatic nitrogens is 4. The fourth-order valence-electron chi connectivity index (χ4n) is 8.82. The van der Waals surface area contributed by atoms with Gasteiger partial charge < -0.3 is 4.74 Å². The van der Waals surface area contributed by atoms with Crippen LogP contribution < -0.4 is 9.30 Å². The fourth-order valence-corrected chi connectivity index (χ4v) is 8.82. The molecule has 316 valence electrons. The molecule has 3 aromatic heterocycles. The molecular formula is C58H58N4O. The van der Waals surface area contributed by atoms with Crippen LogP contribution in [0, 0.1) is 6.33 Å². The van der Waals surface area contributed by atoms with E-state index in [1.807, 2.05) is 6.20 Å². The van der Waals surface area contributed by atoms with Crippen molar-refractivity contribution in [2.75, 3.05) is 0 Å². The van der Waals surface area contributed by atoms with Crippen molar-refractivity contribution in [3.05, 3.63) is 210 Å². The number of pyridine rings is 1. The molecule has 0 atom stereocenters. The van der Waals surface area contributed by atoms with Gasteiger partial charge in [0, 0.05) is 40.1 Å². The van der Waals surface area contributed by atoms with Crippen LogP contribution in [-0.4, -0.2) is 14.1 Å². The van der Waals surface area contributed by atoms with E-state index in [1.54, 1.807) is 0 Å². The Bertz CT molecular complexity index is 3100. The number of hydrogen-bond acceptors (Lipinski definition) is 2. The van der Waals surface area contributed by atoms with Gasteiger partial charge in [-0.25, -0.2) is 4.98 Å². The minimum atomic E-state index is -0.357. The van der Waals surface area contributed by atoms with E-state index < -0.39 is 0 Å². The first kappa shape index (κ1) is 41.6. The molecule has 0 spiro atoms. The van der Waals surface area contributed by atoms with Crippen LogP contribution in [0.5, 0.6) is 11.5 Å². The number of imidazole rings is 1. The zero-order chi connectivity index (χ0) is 44.3. The van der Waals surface area contributed by atoms with Crippen molar-refractivity contribution in [3.63, 3.8) is 0 Å². The lowest BCUT2D eigenvalue weighted by Crippen LogP contribution is -2.40. The van der Waals surface area contributed by atoms with Gasteiger partial charge >= 0.3 is 0 Å². The van der Waals surface area contributed by atoms with Crippen LogP contribution in [0.15, 0.2) is 170 Å². The summed E-state index contributed by atoms with van der Waals surface area (Å²) in [7, 11) is 0. The molecule has 0 radical (unpaired) electrons. The zero-order valence-electron chi connectivity index (χ0n) is 38.4. The van der Waals surface area contributed by atoms with Crippen molar-refractivity contribution in [2.24, 2.45) is 0 Å². The molecule has 5 heteroatoms. The average Bonchev–Trinajstić information content (AvgIpc) is 3.87. The van der Waals surface area contributed by atoms with E-state index in [9.17, 15) is 0 Å². The Morgan fingerprint density at radius 2 is 1.13 bits per heavy atom. The first-order valence-electron chi connectivity index (χ1n) is 22.1. The van der Waals surface area contributed by atoms with Crippen molar-refractivity contribution < 1.29 is 9.30 Å². The van der Waals surface area contributed by atoms with Crippen molar-refractivity contribution in [1.82, 2.24) is 14.1 Å². The topological polar surface area (TPSA) is 35.9 Å². The van der Waals surface area contributed by atoms with Crippen LogP contribution in [0.3, 0.4) is 0 Å². The summed E-state index contributed by atoms with van der Waals surface area (Å²) in [6.07, 6.45) is 8.00. The van der Waals surface area contributed by atoms with Gasteiger partial charge in [0.25, 0.3) is 6.33 Å². The lowest BCUT2D eigenvalue weighted by molar-refractivity contribution is -0.611. The van der Waals surface area contributed by atoms with E-state index >= 15 is 0 Å². The Hall–Kier alpha value is -6.72. The standard InChI is InChI=1S/C58H58N4O/c1-55(2,3)42-30-31-59-54(35-42)62-51-27-18-17-26-49(51)50-29-28-47(37-52(50)62)63-48-34-44(56(4,5)6)33-46(36-48)60-38-53(58(9,10)41-22-15-12-16-23-41)61(39-60)45-25-19-24-43(32-45)57(7,8)40-20-13-11-14-21-40/h11-38H,1-10H3. The van der Waals surface area contributed by atoms with E-state index in [0.717, 1.165) is 56.4 Å². The van der Waals surface area contributed by atoms with Gasteiger partial charge in [-0.15, -0.1) is 0 Å². The molecule has 0 saturated heterocycles. The molecular weight excluding hydrogens is 769 g/mol. The van der Waals surface area contributed by atoms with Crippen LogP contribution in [0.4, 0.5) is 0 Å². The summed E-state index contributed by atoms with van der Waals surface area (Å²) in [6.45, 7) is 22.7. The highest BCUT2D eigenvalue weighted by molar-refractivity contribution is 6.09. The third-order valence-electron chi connectivity index (χ3n) is 12.9. The highest BCUT2D eigenvalue weighted by atomic mass is 16.5. The second-order valence-corrected chi connectivity index (χ2v) is 20.1. The number of rotatable bonds is 9. The van der Waals surface area contributed by atoms with E-state index in [0.29, 0.717) is 0 Å². The number of ether oxygens (including phenoxy) is 1. The van der Waals surface area contributed by atoms with Gasteiger partial charge in [-0.2, -0.15) is 0 Å². The van der Waals surface area contributed by atoms with Gasteiger partial charge in [0.05, 0.1) is 28.1 Å². The second kappa shape index (κ2) is 15.6. The van der Waals surface area contributed by atoms with Crippen molar-refractivity contribution in [1.29, 1.82) is 0 Å². The maximum atomic E-state index is 6.94. The van der Waals surface area contributed by atoms with Gasteiger partial charge in [-0.05, 0) is 99.3 Å². The van der Waals surface area contributed by atoms with Crippen LogP contribution >= 0.6 is 0 Å². The van der Waals surface area contributed by atoms with Crippen LogP contribution in [-0.2, 0) is 21.7 Å². The maximum absolute atomic E-state index is 6.94. The monoisotopic (exact) mass is 826 g/mol. The molecule has 0 fully saturated rings. The Morgan fingerprint density at radius 1 is 0.492 bits per heavy atom. The number of hydrogen-bond donors (Lipinski definition) is 0. The lowest BCUT2D eigenvalue weighted by atomic mass is 9.78. The molecule has 5 nitrogen and oxygen atoms in total. The smallest absolute Gasteiger partial charge is 0.269 e. The SMILES string of the molecule is CC(C)(C)c1cc(Oc2ccc3c4ccccc4n(-c4cc(C(C)(C)C)ccn4)c3c2)cc(-n2[c-][n+](-c3cccc(C(C)(C)c4ccccc4)c3)c(C(C)(C)c3ccccc3)c2)c1. The zero-order valence-corrected chi connectivity index (χ0v) is 38.4. The fraction of sp³-hybridized carbons (Fsp3) is 0.241. The van der Waals surface area contributed by atoms with Crippen LogP contribution in [0.2, 0.25) is 0 Å². The third kappa shape index (κ3) is 7.86. The minimum Gasteiger partial charge on any atom is -0.458 e. The Balaban J connectivity index is 1.17. The molecule has 63 heavy (non-hydrogen) atoms. The predicted octanol–water partition coefficient (Wildman–Crippen LogP) is 14.1. The van der Waals surface area contributed by atoms with Crippen molar-refractivity contribution in [3.8, 4) is 28.7 Å². The average molecular weight is 827 g/mol. The van der Waals surface area contributed by atoms with Gasteiger partial charge in [0.1, 0.15) is 17.3 Å². The normalized spacial score (nSPS) is 12.6. The van der Waals surface area contributed by atoms with Gasteiger partial charge in [-0.1, -0.05) is 160 Å². The third-order valence-corrected chi connectivity index (χ3v) is 12.9. The lowest BCUT2D eigenvalue weighted by Gasteiger charge is -2.29. The molecule has 0 amide bonds. The molecule has 6 aromatic carbocycles. The second-order valence-electron chi connectivity index (χ2n) is 20.1. The van der Waals surface area contributed by atoms with Crippen molar-refractivity contribution in [2.45, 2.75) is 90.9 Å². The van der Waals surface area contributed by atoms with Crippen molar-refractivity contribution >= 4 is 21.8 Å². The summed E-state index contributed by atoms with van der Waals surface area (Å²) in [6, 6.07) is 56.4. The summed E-state index contributed by atoms with van der Waals surface area (Å²) < 4.78 is 13.6. The molecule has 3 heterocycles. The van der Waals surface area contributed by atoms with Gasteiger partial charge in [0.2, 0.25) is 0 Å². The number of para-hydroxylation sites is 1. The molecule has 0 bridgehead atoms. The quantitative estimate of drug-likeness (QED) is 0.107. The molecule has 0 saturated carbocycles. The highest BCUT2D eigenvalue weighted by Gasteiger charge is 2.30. The van der Waals surface area contributed by atoms with Gasteiger partial charge in [-0.3, -0.25) is 13.7 Å². The molecule has 0 N–H and O–H groups in total. The molecule has 0 unspecified atom stereocenters. The van der Waals surface area contributed by atoms with E-state index in [1.165, 1.54) is 27.6 Å². The largest absolute Gasteiger partial charge is 0.458 e. The number of nitrogens with zero attached hydrogens (tertiary/aromatic N) is 4. The van der Waals surface area contributed by atoms with E-state index in [4.69, 9.17) is 9.72 Å². The highest BCUT2D eigenvalue weighted by Crippen LogP contribution is 2.39. The molecule has 0 aliphatic rings. The number of benzene rings is 6. The van der Waals surface area contributed by atoms with Gasteiger partial charge in [0.15, 0.2) is 0 Å². The summed E-state index contributed by atoms with van der Waals surface area (Å²) in [5, 5.41) is 2.33. The molecule has 9 rings (SSSR count). The minimum absolute atomic E-state index is 0.0156. The summed E-state index contributed by atoms with van der Waals surface area (Å²) in [5.41, 5.74) is 10.7. The first-order valence-corrected chi connectivity index (χ1v) is 22.1. The van der Waals surface area contributed by atoms with E-state index in [-0.39, 0.29) is 21.7 Å². The molecule has 0 aliphatic carbocycles. The first-order chi connectivity index (χ1) is 30.0. The van der Waals surface area contributed by atoms with E-state index in [2.05, 4.69) is 253 Å². The Labute approximate surface area is 373 Å². The predicted molar refractivity (Wildman–Crippen MR) is 259 cm³/mol. The Morgan fingerprint density at radius 3 is 1.83 bits per heavy atom. The summed E-state index contributed by atoms with van der Waals surface area (Å²) in [4.78, 5) is 4.90. The summed E-state index contributed by atoms with van der Waals surface area (Å²) in [5.74, 6) is 2.41. The molecule has 0 aliphatic heterocycles. The van der Waals surface area contributed by atoms with Crippen LogP contribution in [0.25, 0.3) is 39.0 Å². The maximum Gasteiger partial charge on any atom is 0.269 e. The Kier molecular flexibility index (Phi) is 10.3. The molecule has 9 aromatic rings. The van der Waals surface area contributed by atoms with Crippen LogP contribution in [0.1, 0.15) is 103 Å².